The molecule has 1 aliphatic rings. The zero-order valence-corrected chi connectivity index (χ0v) is 11.1. The van der Waals surface area contributed by atoms with Gasteiger partial charge < -0.3 is 9.15 Å². The van der Waals surface area contributed by atoms with Gasteiger partial charge in [-0.15, -0.1) is 0 Å². The quantitative estimate of drug-likeness (QED) is 0.663. The van der Waals surface area contributed by atoms with Crippen LogP contribution in [0.4, 0.5) is 0 Å². The Labute approximate surface area is 107 Å². The van der Waals surface area contributed by atoms with E-state index in [0.29, 0.717) is 5.95 Å². The van der Waals surface area contributed by atoms with Crippen LogP contribution in [0.25, 0.3) is 17.0 Å². The van der Waals surface area contributed by atoms with Crippen LogP contribution in [-0.2, 0) is 0 Å². The Morgan fingerprint density at radius 1 is 0.944 bits per heavy atom. The summed E-state index contributed by atoms with van der Waals surface area (Å²) in [6.45, 7) is 8.18. The summed E-state index contributed by atoms with van der Waals surface area (Å²) in [6.07, 6.45) is 4.14. The van der Waals surface area contributed by atoms with Crippen LogP contribution >= 0.6 is 0 Å². The fourth-order valence-corrected chi connectivity index (χ4v) is 2.53. The number of aryl methyl sites for hydroxylation is 2. The van der Waals surface area contributed by atoms with Crippen molar-refractivity contribution in [3.05, 3.63) is 46.2 Å². The molecule has 0 spiro atoms. The van der Waals surface area contributed by atoms with Crippen LogP contribution < -0.4 is 4.74 Å². The Balaban J connectivity index is 2.36. The standard InChI is InChI=1S/C16H16O2/c1-9-5-11(3)15-13(7-9)14-8-10(2)6-12(4)17-16(14)18-15/h5-8H,1-4H3. The number of rotatable bonds is 0. The number of allylic oxidation sites excluding steroid dienone is 3. The van der Waals surface area contributed by atoms with Crippen molar-refractivity contribution < 1.29 is 9.15 Å². The first kappa shape index (κ1) is 11.1. The summed E-state index contributed by atoms with van der Waals surface area (Å²) in [5.74, 6) is 1.46. The van der Waals surface area contributed by atoms with E-state index in [2.05, 4.69) is 39.0 Å². The minimum Gasteiger partial charge on any atom is -0.430 e. The second-order valence-corrected chi connectivity index (χ2v) is 5.01. The SMILES string of the molecule is CC1=Cc2c(oc3c(C)cc(C)cc23)OC(C)=C1. The summed E-state index contributed by atoms with van der Waals surface area (Å²) in [5, 5.41) is 1.13. The van der Waals surface area contributed by atoms with Crippen molar-refractivity contribution in [1.82, 2.24) is 0 Å². The maximum atomic E-state index is 5.87. The fraction of sp³-hybridized carbons (Fsp3) is 0.250. The smallest absolute Gasteiger partial charge is 0.298 e. The molecule has 18 heavy (non-hydrogen) atoms. The molecule has 0 fully saturated rings. The monoisotopic (exact) mass is 240 g/mol. The van der Waals surface area contributed by atoms with Gasteiger partial charge in [-0.2, -0.15) is 0 Å². The van der Waals surface area contributed by atoms with Crippen molar-refractivity contribution in [2.24, 2.45) is 0 Å². The lowest BCUT2D eigenvalue weighted by Crippen LogP contribution is -1.88. The topological polar surface area (TPSA) is 22.4 Å². The molecule has 0 saturated heterocycles. The number of benzene rings is 1. The molecule has 3 rings (SSSR count). The highest BCUT2D eigenvalue weighted by atomic mass is 16.6. The first-order chi connectivity index (χ1) is 8.54. The van der Waals surface area contributed by atoms with Gasteiger partial charge in [0.15, 0.2) is 0 Å². The van der Waals surface area contributed by atoms with E-state index in [4.69, 9.17) is 9.15 Å². The van der Waals surface area contributed by atoms with Crippen molar-refractivity contribution in [2.75, 3.05) is 0 Å². The molecule has 1 aromatic carbocycles. The van der Waals surface area contributed by atoms with E-state index in [1.54, 1.807) is 0 Å². The minimum atomic E-state index is 0.601. The van der Waals surface area contributed by atoms with Gasteiger partial charge >= 0.3 is 0 Å². The average Bonchev–Trinajstić information content (AvgIpc) is 2.51. The molecule has 2 heterocycles. The van der Waals surface area contributed by atoms with Crippen LogP contribution in [0.1, 0.15) is 30.5 Å². The van der Waals surface area contributed by atoms with Gasteiger partial charge in [0.05, 0.1) is 5.56 Å². The van der Waals surface area contributed by atoms with E-state index in [1.165, 1.54) is 11.1 Å². The predicted octanol–water partition coefficient (Wildman–Crippen LogP) is 4.75. The van der Waals surface area contributed by atoms with Gasteiger partial charge in [0.1, 0.15) is 11.3 Å². The molecule has 0 aliphatic carbocycles. The molecular weight excluding hydrogens is 224 g/mol. The molecular formula is C16H16O2. The highest BCUT2D eigenvalue weighted by Crippen LogP contribution is 2.38. The van der Waals surface area contributed by atoms with Gasteiger partial charge in [-0.25, -0.2) is 0 Å². The molecule has 2 aromatic rings. The van der Waals surface area contributed by atoms with E-state index in [1.807, 2.05) is 13.0 Å². The lowest BCUT2D eigenvalue weighted by molar-refractivity contribution is 0.326. The van der Waals surface area contributed by atoms with Gasteiger partial charge in [0.2, 0.25) is 0 Å². The number of fused-ring (bicyclic) bond motifs is 3. The maximum Gasteiger partial charge on any atom is 0.298 e. The number of furan rings is 1. The van der Waals surface area contributed by atoms with Crippen molar-refractivity contribution >= 4 is 17.0 Å². The van der Waals surface area contributed by atoms with E-state index in [0.717, 1.165) is 27.9 Å². The normalized spacial score (nSPS) is 14.7. The van der Waals surface area contributed by atoms with E-state index in [-0.39, 0.29) is 0 Å². The van der Waals surface area contributed by atoms with Gasteiger partial charge in [-0.3, -0.25) is 0 Å². The molecule has 0 saturated carbocycles. The summed E-state index contributed by atoms with van der Waals surface area (Å²) in [6, 6.07) is 4.28. The lowest BCUT2D eigenvalue weighted by atomic mass is 10.0. The Kier molecular flexibility index (Phi) is 2.34. The van der Waals surface area contributed by atoms with Crippen LogP contribution in [0, 0.1) is 13.8 Å². The first-order valence-corrected chi connectivity index (χ1v) is 6.13. The molecule has 2 heteroatoms. The summed E-state index contributed by atoms with van der Waals surface area (Å²) in [4.78, 5) is 0. The molecule has 0 N–H and O–H groups in total. The predicted molar refractivity (Wildman–Crippen MR) is 73.7 cm³/mol. The fourth-order valence-electron chi connectivity index (χ4n) is 2.53. The molecule has 0 amide bonds. The second-order valence-electron chi connectivity index (χ2n) is 5.01. The third-order valence-electron chi connectivity index (χ3n) is 3.18. The van der Waals surface area contributed by atoms with Gasteiger partial charge in [0, 0.05) is 5.39 Å². The van der Waals surface area contributed by atoms with Crippen LogP contribution in [0.5, 0.6) is 5.95 Å². The maximum absolute atomic E-state index is 5.87. The van der Waals surface area contributed by atoms with Gasteiger partial charge in [0.25, 0.3) is 5.95 Å². The molecule has 92 valence electrons. The molecule has 1 aliphatic heterocycles. The second kappa shape index (κ2) is 3.77. The van der Waals surface area contributed by atoms with Gasteiger partial charge in [-0.1, -0.05) is 6.07 Å². The Bertz CT molecular complexity index is 699. The third-order valence-corrected chi connectivity index (χ3v) is 3.18. The van der Waals surface area contributed by atoms with Crippen molar-refractivity contribution in [3.8, 4) is 5.95 Å². The van der Waals surface area contributed by atoms with Crippen molar-refractivity contribution in [3.63, 3.8) is 0 Å². The Hall–Kier alpha value is -1.96. The van der Waals surface area contributed by atoms with E-state index >= 15 is 0 Å². The van der Waals surface area contributed by atoms with Crippen LogP contribution in [0.15, 0.2) is 34.0 Å². The van der Waals surface area contributed by atoms with Gasteiger partial charge in [-0.05, 0) is 62.6 Å². The highest BCUT2D eigenvalue weighted by Gasteiger charge is 2.18. The first-order valence-electron chi connectivity index (χ1n) is 6.13. The Morgan fingerprint density at radius 3 is 2.50 bits per heavy atom. The summed E-state index contributed by atoms with van der Waals surface area (Å²) in [5.41, 5.74) is 5.53. The number of ether oxygens (including phenoxy) is 1. The molecule has 1 aromatic heterocycles. The number of hydrogen-bond acceptors (Lipinski definition) is 2. The summed E-state index contributed by atoms with van der Waals surface area (Å²) >= 11 is 0. The van der Waals surface area contributed by atoms with Crippen LogP contribution in [0.2, 0.25) is 0 Å². The average molecular weight is 240 g/mol. The van der Waals surface area contributed by atoms with E-state index in [9.17, 15) is 0 Å². The molecule has 0 bridgehead atoms. The zero-order chi connectivity index (χ0) is 12.9. The van der Waals surface area contributed by atoms with E-state index < -0.39 is 0 Å². The summed E-state index contributed by atoms with van der Waals surface area (Å²) < 4.78 is 11.6. The molecule has 0 unspecified atom stereocenters. The zero-order valence-electron chi connectivity index (χ0n) is 11.1. The third kappa shape index (κ3) is 1.65. The van der Waals surface area contributed by atoms with Crippen molar-refractivity contribution in [1.29, 1.82) is 0 Å². The lowest BCUT2D eigenvalue weighted by Gasteiger charge is -1.99. The van der Waals surface area contributed by atoms with Crippen LogP contribution in [0.3, 0.4) is 0 Å². The molecule has 0 radical (unpaired) electrons. The summed E-state index contributed by atoms with van der Waals surface area (Å²) in [7, 11) is 0. The molecule has 2 nitrogen and oxygen atoms in total. The minimum absolute atomic E-state index is 0.601. The number of hydrogen-bond donors (Lipinski definition) is 0. The molecule has 0 atom stereocenters. The highest BCUT2D eigenvalue weighted by molar-refractivity contribution is 5.93. The Morgan fingerprint density at radius 2 is 1.72 bits per heavy atom. The largest absolute Gasteiger partial charge is 0.430 e. The van der Waals surface area contributed by atoms with Crippen molar-refractivity contribution in [2.45, 2.75) is 27.7 Å². The van der Waals surface area contributed by atoms with Crippen LogP contribution in [-0.4, -0.2) is 0 Å².